The van der Waals surface area contributed by atoms with Crippen molar-refractivity contribution >= 4 is 42.3 Å². The molecule has 1 fully saturated rings. The maximum absolute atomic E-state index is 13.2. The Morgan fingerprint density at radius 3 is 2.25 bits per heavy atom. The molecule has 0 atom stereocenters. The zero-order valence-corrected chi connectivity index (χ0v) is 17.6. The summed E-state index contributed by atoms with van der Waals surface area (Å²) >= 11 is 1.16. The van der Waals surface area contributed by atoms with Crippen molar-refractivity contribution in [1.82, 2.24) is 13.6 Å². The number of piperazine rings is 1. The van der Waals surface area contributed by atoms with Crippen LogP contribution in [0.2, 0.25) is 0 Å². The standard InChI is InChI=1S/C18H19N3O4S3/c1-14-12-15-4-2-5-16(18(15)19-13-14)27(22,23)20-7-9-21(10-8-20)28(24,25)17-6-3-11-26-17/h2-6,11-13H,7-10H2,1H3. The number of hydrogen-bond acceptors (Lipinski definition) is 6. The van der Waals surface area contributed by atoms with Crippen molar-refractivity contribution in [2.45, 2.75) is 16.0 Å². The molecule has 10 heteroatoms. The van der Waals surface area contributed by atoms with Gasteiger partial charge in [-0.05, 0) is 36.1 Å². The second kappa shape index (κ2) is 7.20. The Morgan fingerprint density at radius 1 is 0.929 bits per heavy atom. The smallest absolute Gasteiger partial charge is 0.252 e. The lowest BCUT2D eigenvalue weighted by atomic mass is 10.2. The molecule has 28 heavy (non-hydrogen) atoms. The number of aryl methyl sites for hydroxylation is 1. The van der Waals surface area contributed by atoms with Gasteiger partial charge < -0.3 is 0 Å². The molecule has 0 spiro atoms. The van der Waals surface area contributed by atoms with Crippen molar-refractivity contribution in [2.75, 3.05) is 26.2 Å². The summed E-state index contributed by atoms with van der Waals surface area (Å²) in [6, 6.07) is 10.2. The van der Waals surface area contributed by atoms with Crippen LogP contribution >= 0.6 is 11.3 Å². The predicted octanol–water partition coefficient (Wildman–Crippen LogP) is 2.30. The minimum Gasteiger partial charge on any atom is -0.255 e. The fourth-order valence-corrected chi connectivity index (χ4v) is 7.43. The molecule has 0 aliphatic carbocycles. The van der Waals surface area contributed by atoms with E-state index in [4.69, 9.17) is 0 Å². The van der Waals surface area contributed by atoms with Crippen LogP contribution < -0.4 is 0 Å². The highest BCUT2D eigenvalue weighted by Gasteiger charge is 2.34. The number of para-hydroxylation sites is 1. The van der Waals surface area contributed by atoms with Gasteiger partial charge in [-0.25, -0.2) is 16.8 Å². The summed E-state index contributed by atoms with van der Waals surface area (Å²) in [5.74, 6) is 0. The number of benzene rings is 1. The average molecular weight is 438 g/mol. The number of pyridine rings is 1. The Hall–Kier alpha value is -1.85. The second-order valence-corrected chi connectivity index (χ2v) is 11.6. The Kier molecular flexibility index (Phi) is 5.00. The first-order chi connectivity index (χ1) is 13.3. The highest BCUT2D eigenvalue weighted by molar-refractivity contribution is 7.91. The molecule has 7 nitrogen and oxygen atoms in total. The van der Waals surface area contributed by atoms with Gasteiger partial charge in [0.25, 0.3) is 10.0 Å². The molecule has 0 bridgehead atoms. The van der Waals surface area contributed by atoms with Crippen LogP contribution in [0.25, 0.3) is 10.9 Å². The summed E-state index contributed by atoms with van der Waals surface area (Å²) in [6.07, 6.45) is 1.65. The zero-order chi connectivity index (χ0) is 19.9. The van der Waals surface area contributed by atoms with Gasteiger partial charge >= 0.3 is 0 Å². The number of aromatic nitrogens is 1. The molecule has 4 rings (SSSR count). The van der Waals surface area contributed by atoms with Crippen LogP contribution in [-0.4, -0.2) is 56.6 Å². The number of thiophene rings is 1. The molecule has 3 aromatic rings. The minimum atomic E-state index is -3.77. The van der Waals surface area contributed by atoms with Gasteiger partial charge in [-0.2, -0.15) is 8.61 Å². The third kappa shape index (κ3) is 3.35. The van der Waals surface area contributed by atoms with Crippen LogP contribution in [0.15, 0.2) is 57.1 Å². The van der Waals surface area contributed by atoms with E-state index in [1.807, 2.05) is 19.1 Å². The van der Waals surface area contributed by atoms with E-state index in [1.165, 1.54) is 8.61 Å². The summed E-state index contributed by atoms with van der Waals surface area (Å²) in [5, 5.41) is 2.48. The molecule has 148 valence electrons. The molecule has 2 aromatic heterocycles. The number of sulfonamides is 2. The van der Waals surface area contributed by atoms with E-state index in [0.29, 0.717) is 5.52 Å². The van der Waals surface area contributed by atoms with Gasteiger partial charge in [-0.1, -0.05) is 18.2 Å². The van der Waals surface area contributed by atoms with Gasteiger partial charge in [-0.3, -0.25) is 4.98 Å². The Morgan fingerprint density at radius 2 is 1.61 bits per heavy atom. The highest BCUT2D eigenvalue weighted by atomic mass is 32.2. The van der Waals surface area contributed by atoms with Gasteiger partial charge in [-0.15, -0.1) is 11.3 Å². The summed E-state index contributed by atoms with van der Waals surface area (Å²) in [4.78, 5) is 4.47. The molecule has 0 saturated carbocycles. The lowest BCUT2D eigenvalue weighted by Crippen LogP contribution is -2.50. The average Bonchev–Trinajstić information content (AvgIpc) is 3.23. The normalized spacial score (nSPS) is 17.2. The SMILES string of the molecule is Cc1cnc2c(S(=O)(=O)N3CCN(S(=O)(=O)c4cccs4)CC3)cccc2c1. The molecule has 0 unspecified atom stereocenters. The Bertz CT molecular complexity index is 1210. The first-order valence-corrected chi connectivity index (χ1v) is 12.5. The van der Waals surface area contributed by atoms with Gasteiger partial charge in [0.15, 0.2) is 0 Å². The van der Waals surface area contributed by atoms with Crippen LogP contribution in [-0.2, 0) is 20.0 Å². The maximum Gasteiger partial charge on any atom is 0.252 e. The van der Waals surface area contributed by atoms with Crippen LogP contribution in [0.4, 0.5) is 0 Å². The van der Waals surface area contributed by atoms with E-state index in [9.17, 15) is 16.8 Å². The number of hydrogen-bond donors (Lipinski definition) is 0. The third-order valence-corrected chi connectivity index (χ3v) is 9.92. The predicted molar refractivity (Wildman–Crippen MR) is 108 cm³/mol. The van der Waals surface area contributed by atoms with Gasteiger partial charge in [0.2, 0.25) is 10.0 Å². The number of nitrogens with zero attached hydrogens (tertiary/aromatic N) is 3. The number of fused-ring (bicyclic) bond motifs is 1. The molecule has 1 saturated heterocycles. The fourth-order valence-electron chi connectivity index (χ4n) is 3.28. The van der Waals surface area contributed by atoms with Crippen molar-refractivity contribution < 1.29 is 16.8 Å². The molecule has 1 aliphatic heterocycles. The first-order valence-electron chi connectivity index (χ1n) is 8.69. The van der Waals surface area contributed by atoms with Crippen molar-refractivity contribution in [3.05, 3.63) is 53.5 Å². The highest BCUT2D eigenvalue weighted by Crippen LogP contribution is 2.27. The van der Waals surface area contributed by atoms with Crippen molar-refractivity contribution in [1.29, 1.82) is 0 Å². The van der Waals surface area contributed by atoms with Crippen molar-refractivity contribution in [3.8, 4) is 0 Å². The summed E-state index contributed by atoms with van der Waals surface area (Å²) < 4.78 is 54.6. The number of rotatable bonds is 4. The summed E-state index contributed by atoms with van der Waals surface area (Å²) in [5.41, 5.74) is 1.39. The largest absolute Gasteiger partial charge is 0.255 e. The van der Waals surface area contributed by atoms with Crippen LogP contribution in [0.5, 0.6) is 0 Å². The molecule has 1 aromatic carbocycles. The Labute approximate surface area is 168 Å². The van der Waals surface area contributed by atoms with Crippen molar-refractivity contribution in [2.24, 2.45) is 0 Å². The van der Waals surface area contributed by atoms with Gasteiger partial charge in [0, 0.05) is 37.8 Å². The third-order valence-electron chi connectivity index (χ3n) is 4.72. The minimum absolute atomic E-state index is 0.106. The van der Waals surface area contributed by atoms with E-state index < -0.39 is 20.0 Å². The molecule has 0 N–H and O–H groups in total. The van der Waals surface area contributed by atoms with E-state index in [1.54, 1.807) is 35.8 Å². The monoisotopic (exact) mass is 437 g/mol. The Balaban J connectivity index is 1.60. The maximum atomic E-state index is 13.2. The van der Waals surface area contributed by atoms with Gasteiger partial charge in [0.1, 0.15) is 9.10 Å². The summed E-state index contributed by atoms with van der Waals surface area (Å²) in [6.45, 7) is 2.36. The molecule has 0 radical (unpaired) electrons. The molecular formula is C18H19N3O4S3. The fraction of sp³-hybridized carbons (Fsp3) is 0.278. The van der Waals surface area contributed by atoms with Crippen LogP contribution in [0.3, 0.4) is 0 Å². The van der Waals surface area contributed by atoms with E-state index >= 15 is 0 Å². The van der Waals surface area contributed by atoms with Crippen LogP contribution in [0, 0.1) is 6.92 Å². The zero-order valence-electron chi connectivity index (χ0n) is 15.1. The van der Waals surface area contributed by atoms with E-state index in [0.717, 1.165) is 22.3 Å². The molecule has 0 amide bonds. The lowest BCUT2D eigenvalue weighted by Gasteiger charge is -2.33. The molecule has 3 heterocycles. The summed E-state index contributed by atoms with van der Waals surface area (Å²) in [7, 11) is -7.35. The van der Waals surface area contributed by atoms with Gasteiger partial charge in [0.05, 0.1) is 5.52 Å². The lowest BCUT2D eigenvalue weighted by molar-refractivity contribution is 0.273. The van der Waals surface area contributed by atoms with E-state index in [2.05, 4.69) is 4.98 Å². The molecule has 1 aliphatic rings. The second-order valence-electron chi connectivity index (χ2n) is 6.58. The quantitative estimate of drug-likeness (QED) is 0.625. The van der Waals surface area contributed by atoms with E-state index in [-0.39, 0.29) is 35.3 Å². The van der Waals surface area contributed by atoms with Crippen molar-refractivity contribution in [3.63, 3.8) is 0 Å². The van der Waals surface area contributed by atoms with Crippen LogP contribution in [0.1, 0.15) is 5.56 Å². The first kappa shape index (κ1) is 19.5. The molecular weight excluding hydrogens is 418 g/mol. The topological polar surface area (TPSA) is 87.7 Å².